The van der Waals surface area contributed by atoms with E-state index in [4.69, 9.17) is 0 Å². The molecule has 2 rings (SSSR count). The minimum absolute atomic E-state index is 0.0692. The van der Waals surface area contributed by atoms with Crippen molar-refractivity contribution < 1.29 is 15.0 Å². The largest absolute Gasteiger partial charge is 0.396 e. The van der Waals surface area contributed by atoms with Gasteiger partial charge in [-0.05, 0) is 37.0 Å². The van der Waals surface area contributed by atoms with Gasteiger partial charge in [-0.25, -0.2) is 0 Å². The number of β-amino-alcohol motifs (C(OH)–C–C–N with tert-alkyl or cyclic N) is 1. The summed E-state index contributed by atoms with van der Waals surface area (Å²) in [6.45, 7) is 12.0. The second-order valence-electron chi connectivity index (χ2n) is 9.11. The van der Waals surface area contributed by atoms with Crippen molar-refractivity contribution in [2.45, 2.75) is 59.0 Å². The molecule has 5 nitrogen and oxygen atoms in total. The molecule has 5 heteroatoms. The lowest BCUT2D eigenvalue weighted by Gasteiger charge is -2.43. The Morgan fingerprint density at radius 3 is 2.29 bits per heavy atom. The Hall–Kier alpha value is -0.650. The lowest BCUT2D eigenvalue weighted by Crippen LogP contribution is -2.48. The van der Waals surface area contributed by atoms with E-state index in [9.17, 15) is 15.0 Å². The van der Waals surface area contributed by atoms with Gasteiger partial charge in [0, 0.05) is 52.2 Å². The van der Waals surface area contributed by atoms with Crippen molar-refractivity contribution in [2.24, 2.45) is 17.3 Å². The van der Waals surface area contributed by atoms with Gasteiger partial charge in [0.2, 0.25) is 5.91 Å². The van der Waals surface area contributed by atoms with Crippen LogP contribution in [-0.2, 0) is 4.79 Å². The molecule has 1 unspecified atom stereocenters. The Balaban J connectivity index is 1.93. The second-order valence-corrected chi connectivity index (χ2v) is 9.11. The molecule has 140 valence electrons. The van der Waals surface area contributed by atoms with Crippen LogP contribution in [0.5, 0.6) is 0 Å². The highest BCUT2D eigenvalue weighted by atomic mass is 16.3. The summed E-state index contributed by atoms with van der Waals surface area (Å²) < 4.78 is 0. The first-order chi connectivity index (χ1) is 11.1. The quantitative estimate of drug-likeness (QED) is 0.821. The zero-order chi connectivity index (χ0) is 18.0. The van der Waals surface area contributed by atoms with Crippen molar-refractivity contribution in [3.63, 3.8) is 0 Å². The average Bonchev–Trinajstić information content (AvgIpc) is 2.68. The number of carbonyl (C=O) groups is 1. The zero-order valence-corrected chi connectivity index (χ0v) is 15.9. The van der Waals surface area contributed by atoms with Crippen molar-refractivity contribution in [3.05, 3.63) is 0 Å². The van der Waals surface area contributed by atoms with Crippen LogP contribution in [0.25, 0.3) is 0 Å². The van der Waals surface area contributed by atoms with Crippen LogP contribution in [-0.4, -0.2) is 70.9 Å². The van der Waals surface area contributed by atoms with Crippen molar-refractivity contribution in [1.82, 2.24) is 9.80 Å². The van der Waals surface area contributed by atoms with Crippen LogP contribution in [0.1, 0.15) is 53.4 Å². The predicted octanol–water partition coefficient (Wildman–Crippen LogP) is 1.73. The Morgan fingerprint density at radius 2 is 1.79 bits per heavy atom. The molecule has 0 bridgehead atoms. The predicted molar refractivity (Wildman–Crippen MR) is 95.6 cm³/mol. The maximum absolute atomic E-state index is 11.7. The number of carbonyl (C=O) groups excluding carboxylic acids is 1. The molecule has 0 radical (unpaired) electrons. The molecule has 2 N–H and O–H groups in total. The van der Waals surface area contributed by atoms with E-state index in [1.807, 2.05) is 4.90 Å². The average molecular weight is 341 g/mol. The highest BCUT2D eigenvalue weighted by Gasteiger charge is 2.39. The maximum atomic E-state index is 11.7. The Morgan fingerprint density at radius 1 is 1.17 bits per heavy atom. The molecular weight excluding hydrogens is 304 g/mol. The van der Waals surface area contributed by atoms with Crippen LogP contribution in [0.4, 0.5) is 0 Å². The highest BCUT2D eigenvalue weighted by Crippen LogP contribution is 2.41. The van der Waals surface area contributed by atoms with Gasteiger partial charge >= 0.3 is 0 Å². The summed E-state index contributed by atoms with van der Waals surface area (Å²) in [5.41, 5.74) is -0.305. The molecule has 1 saturated heterocycles. The van der Waals surface area contributed by atoms with E-state index in [0.29, 0.717) is 31.0 Å². The number of aliphatic hydroxyl groups is 2. The number of amides is 1. The van der Waals surface area contributed by atoms with E-state index in [1.54, 1.807) is 6.92 Å². The topological polar surface area (TPSA) is 64.0 Å². The van der Waals surface area contributed by atoms with E-state index in [1.165, 1.54) is 0 Å². The summed E-state index contributed by atoms with van der Waals surface area (Å²) in [7, 11) is 0. The van der Waals surface area contributed by atoms with Crippen LogP contribution >= 0.6 is 0 Å². The molecule has 0 aromatic rings. The lowest BCUT2D eigenvalue weighted by atomic mass is 9.68. The third-order valence-electron chi connectivity index (χ3n) is 6.04. The first kappa shape index (κ1) is 19.7. The smallest absolute Gasteiger partial charge is 0.219 e. The van der Waals surface area contributed by atoms with Gasteiger partial charge in [0.1, 0.15) is 0 Å². The van der Waals surface area contributed by atoms with Gasteiger partial charge in [0.25, 0.3) is 0 Å². The molecule has 0 spiro atoms. The highest BCUT2D eigenvalue weighted by molar-refractivity contribution is 5.73. The molecule has 1 saturated carbocycles. The molecule has 1 aliphatic carbocycles. The number of hydrogen-bond acceptors (Lipinski definition) is 4. The zero-order valence-electron chi connectivity index (χ0n) is 15.9. The lowest BCUT2D eigenvalue weighted by molar-refractivity contribution is -0.129. The number of nitrogens with zero attached hydrogens (tertiary/aromatic N) is 2. The molecule has 2 fully saturated rings. The van der Waals surface area contributed by atoms with Crippen LogP contribution in [0, 0.1) is 17.3 Å². The van der Waals surface area contributed by atoms with Gasteiger partial charge in [-0.2, -0.15) is 0 Å². The molecule has 2 aliphatic rings. The fourth-order valence-corrected chi connectivity index (χ4v) is 4.32. The summed E-state index contributed by atoms with van der Waals surface area (Å²) in [5, 5.41) is 20.6. The van der Waals surface area contributed by atoms with Gasteiger partial charge in [-0.3, -0.25) is 9.69 Å². The third kappa shape index (κ3) is 5.17. The number of aliphatic hydroxyl groups excluding tert-OH is 1. The van der Waals surface area contributed by atoms with E-state index >= 15 is 0 Å². The maximum Gasteiger partial charge on any atom is 0.219 e. The second kappa shape index (κ2) is 7.71. The standard InChI is InChI=1S/C19H36N2O3/c1-15(23)21-10-9-20(11-16(12-21)13-22)14-19(24)7-5-17(6-8-19)18(2,3)4/h16-17,22,24H,5-14H2,1-4H3. The first-order valence-electron chi connectivity index (χ1n) is 9.44. The number of rotatable bonds is 3. The Labute approximate surface area is 147 Å². The SMILES string of the molecule is CC(=O)N1CCN(CC2(O)CCC(C(C)(C)C)CC2)CC(CO)C1. The molecule has 1 amide bonds. The first-order valence-corrected chi connectivity index (χ1v) is 9.44. The van der Waals surface area contributed by atoms with E-state index in [0.717, 1.165) is 38.8 Å². The van der Waals surface area contributed by atoms with Gasteiger partial charge in [0.05, 0.1) is 5.60 Å². The Kier molecular flexibility index (Phi) is 6.32. The van der Waals surface area contributed by atoms with Gasteiger partial charge in [-0.1, -0.05) is 20.8 Å². The van der Waals surface area contributed by atoms with Crippen LogP contribution in [0.15, 0.2) is 0 Å². The van der Waals surface area contributed by atoms with E-state index < -0.39 is 5.60 Å². The van der Waals surface area contributed by atoms with Gasteiger partial charge in [-0.15, -0.1) is 0 Å². The van der Waals surface area contributed by atoms with Crippen molar-refractivity contribution >= 4 is 5.91 Å². The molecule has 0 aromatic heterocycles. The number of hydrogen-bond donors (Lipinski definition) is 2. The minimum atomic E-state index is -0.618. The fourth-order valence-electron chi connectivity index (χ4n) is 4.32. The minimum Gasteiger partial charge on any atom is -0.396 e. The molecule has 1 heterocycles. The van der Waals surface area contributed by atoms with E-state index in [2.05, 4.69) is 25.7 Å². The molecule has 0 aromatic carbocycles. The summed E-state index contributed by atoms with van der Waals surface area (Å²) in [5.74, 6) is 0.825. The monoisotopic (exact) mass is 340 g/mol. The van der Waals surface area contributed by atoms with E-state index in [-0.39, 0.29) is 18.4 Å². The normalized spacial score (nSPS) is 33.3. The summed E-state index contributed by atoms with van der Waals surface area (Å²) in [6.07, 6.45) is 3.87. The molecule has 1 atom stereocenters. The van der Waals surface area contributed by atoms with Crippen LogP contribution in [0.3, 0.4) is 0 Å². The summed E-state index contributed by atoms with van der Waals surface area (Å²) in [4.78, 5) is 15.8. The van der Waals surface area contributed by atoms with Crippen LogP contribution in [0.2, 0.25) is 0 Å². The van der Waals surface area contributed by atoms with Crippen molar-refractivity contribution in [3.8, 4) is 0 Å². The van der Waals surface area contributed by atoms with Crippen molar-refractivity contribution in [1.29, 1.82) is 0 Å². The fraction of sp³-hybridized carbons (Fsp3) is 0.947. The third-order valence-corrected chi connectivity index (χ3v) is 6.04. The summed E-state index contributed by atoms with van der Waals surface area (Å²) >= 11 is 0. The molecule has 1 aliphatic heterocycles. The Bertz CT molecular complexity index is 425. The van der Waals surface area contributed by atoms with Crippen LogP contribution < -0.4 is 0 Å². The summed E-state index contributed by atoms with van der Waals surface area (Å²) in [6, 6.07) is 0. The molecular formula is C19H36N2O3. The molecule has 24 heavy (non-hydrogen) atoms. The van der Waals surface area contributed by atoms with Gasteiger partial charge < -0.3 is 15.1 Å². The van der Waals surface area contributed by atoms with Crippen molar-refractivity contribution in [2.75, 3.05) is 39.3 Å². The van der Waals surface area contributed by atoms with Gasteiger partial charge in [0.15, 0.2) is 0 Å².